The number of nitrogens with two attached hydrogens (primary N) is 1. The van der Waals surface area contributed by atoms with Gasteiger partial charge in [0.2, 0.25) is 0 Å². The van der Waals surface area contributed by atoms with Gasteiger partial charge >= 0.3 is 0 Å². The molecule has 0 saturated heterocycles. The van der Waals surface area contributed by atoms with Crippen molar-refractivity contribution in [3.63, 3.8) is 0 Å². The van der Waals surface area contributed by atoms with E-state index in [1.807, 2.05) is 0 Å². The molecule has 5 N–H and O–H groups in total. The zero-order valence-corrected chi connectivity index (χ0v) is 9.39. The van der Waals surface area contributed by atoms with Crippen LogP contribution < -0.4 is 11.1 Å². The lowest BCUT2D eigenvalue weighted by molar-refractivity contribution is 0.204. The van der Waals surface area contributed by atoms with Crippen LogP contribution in [0.4, 0.5) is 11.4 Å². The molecule has 1 rings (SSSR count). The van der Waals surface area contributed by atoms with Crippen LogP contribution >= 0.6 is 23.2 Å². The van der Waals surface area contributed by atoms with Gasteiger partial charge in [-0.25, -0.2) is 0 Å². The van der Waals surface area contributed by atoms with Crippen molar-refractivity contribution < 1.29 is 10.2 Å². The van der Waals surface area contributed by atoms with E-state index < -0.39 is 6.04 Å². The third kappa shape index (κ3) is 3.14. The molecule has 0 atom stereocenters. The van der Waals surface area contributed by atoms with E-state index in [-0.39, 0.29) is 13.2 Å². The molecule has 6 heteroatoms. The Morgan fingerprint density at radius 3 is 2.07 bits per heavy atom. The zero-order chi connectivity index (χ0) is 11.4. The van der Waals surface area contributed by atoms with E-state index in [0.717, 1.165) is 0 Å². The van der Waals surface area contributed by atoms with Gasteiger partial charge in [-0.2, -0.15) is 0 Å². The maximum atomic E-state index is 8.89. The number of nitrogen functional groups attached to an aromatic ring is 1. The van der Waals surface area contributed by atoms with Gasteiger partial charge in [0, 0.05) is 5.69 Å². The van der Waals surface area contributed by atoms with Crippen molar-refractivity contribution in [2.24, 2.45) is 0 Å². The molecule has 0 amide bonds. The molecule has 0 unspecified atom stereocenters. The highest BCUT2D eigenvalue weighted by Gasteiger charge is 2.11. The highest BCUT2D eigenvalue weighted by atomic mass is 35.5. The minimum absolute atomic E-state index is 0.215. The average molecular weight is 251 g/mol. The van der Waals surface area contributed by atoms with Crippen LogP contribution in [-0.2, 0) is 0 Å². The standard InChI is InChI=1S/C9H12Cl2N2O2/c10-7-1-5(12)2-8(11)9(7)13-6(3-14)4-15/h1-2,6,13-15H,3-4,12H2. The summed E-state index contributed by atoms with van der Waals surface area (Å²) in [5.41, 5.74) is 6.45. The van der Waals surface area contributed by atoms with Gasteiger partial charge in [0.05, 0.1) is 35.0 Å². The molecular formula is C9H12Cl2N2O2. The van der Waals surface area contributed by atoms with Crippen molar-refractivity contribution in [1.82, 2.24) is 0 Å². The maximum Gasteiger partial charge on any atom is 0.0724 e. The molecule has 15 heavy (non-hydrogen) atoms. The van der Waals surface area contributed by atoms with E-state index in [4.69, 9.17) is 39.1 Å². The lowest BCUT2D eigenvalue weighted by Crippen LogP contribution is -2.27. The van der Waals surface area contributed by atoms with Gasteiger partial charge in [0.15, 0.2) is 0 Å². The van der Waals surface area contributed by atoms with E-state index in [1.54, 1.807) is 12.1 Å². The van der Waals surface area contributed by atoms with Crippen LogP contribution in [0.25, 0.3) is 0 Å². The van der Waals surface area contributed by atoms with Crippen LogP contribution in [0, 0.1) is 0 Å². The molecule has 0 aliphatic rings. The first-order valence-electron chi connectivity index (χ1n) is 4.31. The molecule has 0 aliphatic carbocycles. The van der Waals surface area contributed by atoms with Gasteiger partial charge in [-0.1, -0.05) is 23.2 Å². The van der Waals surface area contributed by atoms with Crippen LogP contribution in [0.3, 0.4) is 0 Å². The molecular weight excluding hydrogens is 239 g/mol. The largest absolute Gasteiger partial charge is 0.399 e. The molecule has 84 valence electrons. The van der Waals surface area contributed by atoms with Crippen molar-refractivity contribution in [3.05, 3.63) is 22.2 Å². The summed E-state index contributed by atoms with van der Waals surface area (Å²) in [6.07, 6.45) is 0. The monoisotopic (exact) mass is 250 g/mol. The van der Waals surface area contributed by atoms with E-state index in [0.29, 0.717) is 21.4 Å². The molecule has 1 aromatic carbocycles. The van der Waals surface area contributed by atoms with E-state index in [9.17, 15) is 0 Å². The van der Waals surface area contributed by atoms with E-state index in [2.05, 4.69) is 5.32 Å². The third-order valence-corrected chi connectivity index (χ3v) is 2.45. The second-order valence-electron chi connectivity index (χ2n) is 3.07. The molecule has 0 spiro atoms. The fourth-order valence-corrected chi connectivity index (χ4v) is 1.70. The Kier molecular flexibility index (Phi) is 4.47. The summed E-state index contributed by atoms with van der Waals surface area (Å²) in [5.74, 6) is 0. The minimum Gasteiger partial charge on any atom is -0.399 e. The summed E-state index contributed by atoms with van der Waals surface area (Å²) in [7, 11) is 0. The number of hydrogen-bond donors (Lipinski definition) is 4. The number of aliphatic hydroxyl groups is 2. The summed E-state index contributed by atoms with van der Waals surface area (Å²) >= 11 is 11.8. The Hall–Kier alpha value is -0.680. The van der Waals surface area contributed by atoms with Gasteiger partial charge in [0.1, 0.15) is 0 Å². The molecule has 0 heterocycles. The predicted molar refractivity (Wildman–Crippen MR) is 62.5 cm³/mol. The van der Waals surface area contributed by atoms with Gasteiger partial charge < -0.3 is 21.3 Å². The normalized spacial score (nSPS) is 10.7. The van der Waals surface area contributed by atoms with E-state index in [1.165, 1.54) is 0 Å². The molecule has 0 bridgehead atoms. The SMILES string of the molecule is Nc1cc(Cl)c(NC(CO)CO)c(Cl)c1. The second-order valence-corrected chi connectivity index (χ2v) is 3.88. The number of aliphatic hydroxyl groups excluding tert-OH is 2. The summed E-state index contributed by atoms with van der Waals surface area (Å²) in [5, 5.41) is 21.3. The van der Waals surface area contributed by atoms with Crippen molar-refractivity contribution in [3.8, 4) is 0 Å². The van der Waals surface area contributed by atoms with Gasteiger partial charge in [-0.05, 0) is 12.1 Å². The average Bonchev–Trinajstić information content (AvgIpc) is 2.17. The maximum absolute atomic E-state index is 8.89. The Labute approximate surface area is 97.6 Å². The summed E-state index contributed by atoms with van der Waals surface area (Å²) < 4.78 is 0. The Bertz CT molecular complexity index is 320. The molecule has 1 aromatic rings. The first-order valence-corrected chi connectivity index (χ1v) is 5.06. The zero-order valence-electron chi connectivity index (χ0n) is 7.87. The fourth-order valence-electron chi connectivity index (χ4n) is 1.08. The first-order chi connectivity index (χ1) is 7.08. The van der Waals surface area contributed by atoms with Crippen molar-refractivity contribution in [2.75, 3.05) is 24.3 Å². The number of rotatable bonds is 4. The molecule has 0 saturated carbocycles. The number of nitrogens with one attached hydrogen (secondary N) is 1. The lowest BCUT2D eigenvalue weighted by Gasteiger charge is -2.17. The van der Waals surface area contributed by atoms with Crippen LogP contribution in [0.2, 0.25) is 10.0 Å². The van der Waals surface area contributed by atoms with Crippen molar-refractivity contribution >= 4 is 34.6 Å². The van der Waals surface area contributed by atoms with Gasteiger partial charge in [0.25, 0.3) is 0 Å². The van der Waals surface area contributed by atoms with Crippen molar-refractivity contribution in [1.29, 1.82) is 0 Å². The van der Waals surface area contributed by atoms with E-state index >= 15 is 0 Å². The minimum atomic E-state index is -0.497. The number of benzene rings is 1. The molecule has 0 aromatic heterocycles. The third-order valence-electron chi connectivity index (χ3n) is 1.85. The molecule has 0 radical (unpaired) electrons. The Morgan fingerprint density at radius 1 is 1.20 bits per heavy atom. The topological polar surface area (TPSA) is 78.5 Å². The highest BCUT2D eigenvalue weighted by Crippen LogP contribution is 2.33. The van der Waals surface area contributed by atoms with Crippen LogP contribution in [0.15, 0.2) is 12.1 Å². The van der Waals surface area contributed by atoms with Crippen LogP contribution in [-0.4, -0.2) is 29.5 Å². The first kappa shape index (κ1) is 12.4. The van der Waals surface area contributed by atoms with Gasteiger partial charge in [-0.15, -0.1) is 0 Å². The number of halogens is 2. The second kappa shape index (κ2) is 5.42. The predicted octanol–water partition coefficient (Wildman–Crippen LogP) is 1.34. The molecule has 0 fully saturated rings. The van der Waals surface area contributed by atoms with Crippen molar-refractivity contribution in [2.45, 2.75) is 6.04 Å². The summed E-state index contributed by atoms with van der Waals surface area (Å²) in [6.45, 7) is -0.429. The Morgan fingerprint density at radius 2 is 1.67 bits per heavy atom. The van der Waals surface area contributed by atoms with Gasteiger partial charge in [-0.3, -0.25) is 0 Å². The summed E-state index contributed by atoms with van der Waals surface area (Å²) in [6, 6.07) is 2.59. The highest BCUT2D eigenvalue weighted by molar-refractivity contribution is 6.39. The number of anilines is 2. The fraction of sp³-hybridized carbons (Fsp3) is 0.333. The number of hydrogen-bond acceptors (Lipinski definition) is 4. The lowest BCUT2D eigenvalue weighted by atomic mass is 10.2. The van der Waals surface area contributed by atoms with Crippen LogP contribution in [0.5, 0.6) is 0 Å². The molecule has 4 nitrogen and oxygen atoms in total. The summed E-state index contributed by atoms with van der Waals surface area (Å²) in [4.78, 5) is 0. The van der Waals surface area contributed by atoms with Crippen LogP contribution in [0.1, 0.15) is 0 Å². The quantitative estimate of drug-likeness (QED) is 0.609. The Balaban J connectivity index is 2.94. The molecule has 0 aliphatic heterocycles. The smallest absolute Gasteiger partial charge is 0.0724 e.